The summed E-state index contributed by atoms with van der Waals surface area (Å²) in [5.41, 5.74) is 1.69. The van der Waals surface area contributed by atoms with Crippen molar-refractivity contribution < 1.29 is 46.9 Å². The van der Waals surface area contributed by atoms with Crippen molar-refractivity contribution in [1.82, 2.24) is 0 Å². The second kappa shape index (κ2) is 9.26. The molecule has 4 heterocycles. The molecule has 0 saturated carbocycles. The fraction of sp³-hybridized carbons (Fsp3) is 0.636. The number of carbonyl (C=O) groups is 2. The molecule has 4 atom stereocenters. The zero-order chi connectivity index (χ0) is 31.8. The lowest BCUT2D eigenvalue weighted by atomic mass is 9.82. The molecule has 11 heteroatoms. The molecule has 0 amide bonds. The van der Waals surface area contributed by atoms with Gasteiger partial charge in [-0.25, -0.2) is 0 Å². The standard InChI is InChI=1S/C33H42O10Si/c1-16-14-18-22-24(20(16)26-27-28(35)32(15-39-32)33(40-26,41-27)29(37-9)38-10)42-44(30(2,3)4,31(5,6)7)43-25(22)21-17(23(18)36-8)12-11-13-19(21)34/h14,26-27,29H,11-13,15H2,1-10H3/t26?,27?,32-,33?/m0/s1. The highest BCUT2D eigenvalue weighted by Crippen LogP contribution is 2.65. The van der Waals surface area contributed by atoms with E-state index in [0.29, 0.717) is 46.6 Å². The second-order valence-corrected chi connectivity index (χ2v) is 19.3. The first-order chi connectivity index (χ1) is 20.6. The van der Waals surface area contributed by atoms with Crippen molar-refractivity contribution in [2.24, 2.45) is 0 Å². The van der Waals surface area contributed by atoms with Crippen LogP contribution in [0.5, 0.6) is 17.2 Å². The summed E-state index contributed by atoms with van der Waals surface area (Å²) in [5, 5.41) is 0.616. The molecule has 0 N–H and O–H groups in total. The van der Waals surface area contributed by atoms with Crippen molar-refractivity contribution in [2.45, 2.75) is 108 Å². The van der Waals surface area contributed by atoms with Gasteiger partial charge in [0, 0.05) is 47.2 Å². The molecular weight excluding hydrogens is 584 g/mol. The van der Waals surface area contributed by atoms with Gasteiger partial charge in [0.15, 0.2) is 11.9 Å². The molecule has 238 valence electrons. The lowest BCUT2D eigenvalue weighted by molar-refractivity contribution is -0.317. The highest BCUT2D eigenvalue weighted by Gasteiger charge is 2.84. The number of methoxy groups -OCH3 is 3. The van der Waals surface area contributed by atoms with Gasteiger partial charge in [-0.15, -0.1) is 0 Å². The summed E-state index contributed by atoms with van der Waals surface area (Å²) >= 11 is 0. The Morgan fingerprint density at radius 2 is 1.55 bits per heavy atom. The van der Waals surface area contributed by atoms with Gasteiger partial charge in [0.1, 0.15) is 23.4 Å². The van der Waals surface area contributed by atoms with Crippen molar-refractivity contribution >= 4 is 30.9 Å². The molecule has 3 fully saturated rings. The molecule has 1 spiro atoms. The van der Waals surface area contributed by atoms with E-state index >= 15 is 0 Å². The summed E-state index contributed by atoms with van der Waals surface area (Å²) < 4.78 is 50.7. The molecule has 3 saturated heterocycles. The van der Waals surface area contributed by atoms with E-state index in [0.717, 1.165) is 22.9 Å². The van der Waals surface area contributed by atoms with E-state index in [9.17, 15) is 9.59 Å². The second-order valence-electron chi connectivity index (χ2n) is 14.7. The molecule has 2 aromatic rings. The van der Waals surface area contributed by atoms with Gasteiger partial charge in [-0.1, -0.05) is 41.5 Å². The minimum Gasteiger partial charge on any atom is -0.510 e. The van der Waals surface area contributed by atoms with Gasteiger partial charge in [0.05, 0.1) is 24.7 Å². The summed E-state index contributed by atoms with van der Waals surface area (Å²) in [6, 6.07) is 2.02. The molecule has 10 nitrogen and oxygen atoms in total. The van der Waals surface area contributed by atoms with Crippen LogP contribution in [0.4, 0.5) is 0 Å². The molecule has 5 aliphatic rings. The quantitative estimate of drug-likeness (QED) is 0.236. The van der Waals surface area contributed by atoms with Crippen LogP contribution in [0, 0.1) is 6.92 Å². The molecule has 44 heavy (non-hydrogen) atoms. The largest absolute Gasteiger partial charge is 0.510 e. The number of ether oxygens (including phenoxy) is 6. The van der Waals surface area contributed by atoms with E-state index in [4.69, 9.17) is 37.3 Å². The van der Waals surface area contributed by atoms with Crippen LogP contribution in [0.1, 0.15) is 87.5 Å². The molecule has 1 aliphatic carbocycles. The molecule has 4 aliphatic heterocycles. The first-order valence-electron chi connectivity index (χ1n) is 15.3. The minimum atomic E-state index is -3.29. The van der Waals surface area contributed by atoms with Gasteiger partial charge in [-0.05, 0) is 31.4 Å². The first-order valence-corrected chi connectivity index (χ1v) is 17.2. The van der Waals surface area contributed by atoms with Crippen LogP contribution in [-0.2, 0) is 34.9 Å². The molecule has 0 radical (unpaired) electrons. The maximum absolute atomic E-state index is 13.9. The van der Waals surface area contributed by atoms with Crippen LogP contribution in [0.25, 0.3) is 10.8 Å². The van der Waals surface area contributed by atoms with E-state index in [1.807, 2.05) is 13.0 Å². The molecule has 2 aromatic carbocycles. The Hall–Kier alpha value is -2.54. The Morgan fingerprint density at radius 3 is 2.11 bits per heavy atom. The van der Waals surface area contributed by atoms with E-state index in [1.54, 1.807) is 7.11 Å². The van der Waals surface area contributed by atoms with Crippen molar-refractivity contribution in [1.29, 1.82) is 0 Å². The third-order valence-electron chi connectivity index (χ3n) is 10.1. The van der Waals surface area contributed by atoms with Crippen LogP contribution in [0.15, 0.2) is 6.07 Å². The average molecular weight is 627 g/mol. The Balaban J connectivity index is 1.55. The van der Waals surface area contributed by atoms with E-state index in [-0.39, 0.29) is 18.2 Å². The Morgan fingerprint density at radius 1 is 0.932 bits per heavy atom. The normalized spacial score (nSPS) is 30.2. The third-order valence-corrected chi connectivity index (χ3v) is 15.1. The Kier molecular flexibility index (Phi) is 6.34. The van der Waals surface area contributed by atoms with Crippen molar-refractivity contribution in [3.63, 3.8) is 0 Å². The zero-order valence-electron chi connectivity index (χ0n) is 27.2. The number of epoxide rings is 1. The zero-order valence-corrected chi connectivity index (χ0v) is 28.2. The van der Waals surface area contributed by atoms with Crippen LogP contribution >= 0.6 is 0 Å². The monoisotopic (exact) mass is 626 g/mol. The highest BCUT2D eigenvalue weighted by atomic mass is 28.4. The van der Waals surface area contributed by atoms with Gasteiger partial charge in [-0.3, -0.25) is 9.59 Å². The molecular formula is C33H42O10Si. The Bertz CT molecular complexity index is 1600. The minimum absolute atomic E-state index is 0.0339. The molecule has 7 rings (SSSR count). The van der Waals surface area contributed by atoms with Gasteiger partial charge < -0.3 is 37.3 Å². The fourth-order valence-corrected chi connectivity index (χ4v) is 12.8. The van der Waals surface area contributed by atoms with Gasteiger partial charge in [-0.2, -0.15) is 0 Å². The van der Waals surface area contributed by atoms with Crippen LogP contribution in [0.2, 0.25) is 10.1 Å². The van der Waals surface area contributed by atoms with Crippen molar-refractivity contribution in [3.05, 3.63) is 28.3 Å². The lowest BCUT2D eigenvalue weighted by Crippen LogP contribution is -2.63. The predicted octanol–water partition coefficient (Wildman–Crippen LogP) is 5.61. The molecule has 3 unspecified atom stereocenters. The molecule has 2 bridgehead atoms. The maximum Gasteiger partial charge on any atom is 0.471 e. The lowest BCUT2D eigenvalue weighted by Gasteiger charge is -2.51. The molecule has 0 aromatic heterocycles. The summed E-state index contributed by atoms with van der Waals surface area (Å²) in [5.74, 6) is -0.00194. The number of fused-ring (bicyclic) bond motifs is 5. The summed E-state index contributed by atoms with van der Waals surface area (Å²) in [4.78, 5) is 27.7. The van der Waals surface area contributed by atoms with Crippen LogP contribution in [-0.4, -0.2) is 71.8 Å². The van der Waals surface area contributed by atoms with Gasteiger partial charge >= 0.3 is 8.56 Å². The summed E-state index contributed by atoms with van der Waals surface area (Å²) in [6.45, 7) is 14.9. The number of rotatable bonds is 5. The predicted molar refractivity (Wildman–Crippen MR) is 162 cm³/mol. The number of hydrogen-bond acceptors (Lipinski definition) is 10. The van der Waals surface area contributed by atoms with Gasteiger partial charge in [0.2, 0.25) is 17.7 Å². The van der Waals surface area contributed by atoms with E-state index in [2.05, 4.69) is 41.5 Å². The number of carbonyl (C=O) groups excluding carboxylic acids is 2. The van der Waals surface area contributed by atoms with Gasteiger partial charge in [0.25, 0.3) is 5.79 Å². The number of hydrogen-bond donors (Lipinski definition) is 0. The number of aryl methyl sites for hydroxylation is 1. The number of benzene rings is 2. The first kappa shape index (κ1) is 30.1. The maximum atomic E-state index is 13.9. The SMILES string of the molecule is COc1c2c(c3c4c(c(C5OC6(C(OC)OC)OC5C(=O)[C@@]65CO5)c(C)cc14)O[Si](C(C)(C)C)(C(C)(C)C)O3)C(=O)CCC2. The van der Waals surface area contributed by atoms with Crippen molar-refractivity contribution in [2.75, 3.05) is 27.9 Å². The highest BCUT2D eigenvalue weighted by molar-refractivity contribution is 6.75. The van der Waals surface area contributed by atoms with Crippen LogP contribution in [0.3, 0.4) is 0 Å². The number of Topliss-reactive ketones (excluding diaryl/α,β-unsaturated/α-hetero) is 2. The summed E-state index contributed by atoms with van der Waals surface area (Å²) in [6.07, 6.45) is -0.943. The van der Waals surface area contributed by atoms with Crippen molar-refractivity contribution in [3.8, 4) is 17.2 Å². The van der Waals surface area contributed by atoms with E-state index in [1.165, 1.54) is 14.2 Å². The summed E-state index contributed by atoms with van der Waals surface area (Å²) in [7, 11) is 1.30. The third kappa shape index (κ3) is 3.48. The number of ketones is 2. The Labute approximate surface area is 258 Å². The van der Waals surface area contributed by atoms with E-state index < -0.39 is 48.5 Å². The smallest absolute Gasteiger partial charge is 0.471 e. The van der Waals surface area contributed by atoms with Crippen LogP contribution < -0.4 is 13.6 Å². The topological polar surface area (TPSA) is 111 Å². The average Bonchev–Trinajstić information content (AvgIpc) is 3.61. The fourth-order valence-electron chi connectivity index (χ4n) is 8.32.